The lowest BCUT2D eigenvalue weighted by Gasteiger charge is -2.26. The van der Waals surface area contributed by atoms with Crippen LogP contribution in [0.3, 0.4) is 0 Å². The molecule has 4 amide bonds. The molecule has 0 aliphatic carbocycles. The van der Waals surface area contributed by atoms with Crippen molar-refractivity contribution >= 4 is 29.6 Å². The molecule has 1 aromatic rings. The summed E-state index contributed by atoms with van der Waals surface area (Å²) in [6.07, 6.45) is 2.25. The van der Waals surface area contributed by atoms with Crippen LogP contribution in [0.4, 0.5) is 0 Å². The summed E-state index contributed by atoms with van der Waals surface area (Å²) in [5, 5.41) is 16.5. The van der Waals surface area contributed by atoms with Gasteiger partial charge in [-0.1, -0.05) is 13.8 Å². The minimum absolute atomic E-state index is 0.0470. The van der Waals surface area contributed by atoms with E-state index in [0.29, 0.717) is 5.69 Å². The Kier molecular flexibility index (Phi) is 9.60. The predicted octanol–water partition coefficient (Wildman–Crippen LogP) is -2.63. The first-order valence-corrected chi connectivity index (χ1v) is 9.57. The van der Waals surface area contributed by atoms with Crippen LogP contribution < -0.4 is 27.4 Å². The van der Waals surface area contributed by atoms with E-state index in [1.165, 1.54) is 19.4 Å². The minimum Gasteiger partial charge on any atom is -0.480 e. The highest BCUT2D eigenvalue weighted by Gasteiger charge is 2.32. The van der Waals surface area contributed by atoms with Crippen molar-refractivity contribution in [2.45, 2.75) is 57.8 Å². The summed E-state index contributed by atoms with van der Waals surface area (Å²) in [6, 6.07) is -4.69. The van der Waals surface area contributed by atoms with Gasteiger partial charge in [-0.2, -0.15) is 0 Å². The first-order valence-electron chi connectivity index (χ1n) is 9.57. The maximum absolute atomic E-state index is 12.7. The van der Waals surface area contributed by atoms with Gasteiger partial charge >= 0.3 is 5.97 Å². The van der Waals surface area contributed by atoms with E-state index in [4.69, 9.17) is 11.5 Å². The number of aromatic nitrogens is 2. The molecule has 0 saturated heterocycles. The molecule has 0 aliphatic rings. The van der Waals surface area contributed by atoms with Crippen molar-refractivity contribution < 1.29 is 29.1 Å². The summed E-state index contributed by atoms with van der Waals surface area (Å²) in [5.74, 6) is -4.82. The first-order chi connectivity index (χ1) is 14.4. The molecular weight excluding hydrogens is 410 g/mol. The molecular formula is C18H29N7O6. The van der Waals surface area contributed by atoms with Gasteiger partial charge in [-0.05, 0) is 12.8 Å². The van der Waals surface area contributed by atoms with Gasteiger partial charge in [0.2, 0.25) is 23.6 Å². The fourth-order valence-corrected chi connectivity index (χ4v) is 2.58. The Bertz CT molecular complexity index is 793. The summed E-state index contributed by atoms with van der Waals surface area (Å²) in [5.41, 5.74) is 11.1. The van der Waals surface area contributed by atoms with Gasteiger partial charge in [0.05, 0.1) is 18.8 Å². The number of hydrogen-bond acceptors (Lipinski definition) is 7. The molecule has 4 unspecified atom stereocenters. The number of primary amides is 1. The van der Waals surface area contributed by atoms with Crippen LogP contribution in [0.5, 0.6) is 0 Å². The van der Waals surface area contributed by atoms with Gasteiger partial charge in [0.15, 0.2) is 0 Å². The number of aromatic amines is 1. The van der Waals surface area contributed by atoms with E-state index < -0.39 is 66.1 Å². The normalized spacial score (nSPS) is 14.7. The molecule has 0 radical (unpaired) electrons. The van der Waals surface area contributed by atoms with E-state index >= 15 is 0 Å². The van der Waals surface area contributed by atoms with Crippen molar-refractivity contribution in [1.82, 2.24) is 25.9 Å². The van der Waals surface area contributed by atoms with Crippen LogP contribution in [0.2, 0.25) is 0 Å². The van der Waals surface area contributed by atoms with Crippen molar-refractivity contribution in [2.75, 3.05) is 0 Å². The second-order valence-electron chi connectivity index (χ2n) is 7.43. The van der Waals surface area contributed by atoms with Crippen molar-refractivity contribution in [2.24, 2.45) is 17.4 Å². The zero-order chi connectivity index (χ0) is 23.7. The lowest BCUT2D eigenvalue weighted by atomic mass is 10.0. The third kappa shape index (κ3) is 8.42. The largest absolute Gasteiger partial charge is 0.480 e. The van der Waals surface area contributed by atoms with Gasteiger partial charge in [-0.25, -0.2) is 9.78 Å². The molecule has 4 atom stereocenters. The van der Waals surface area contributed by atoms with E-state index in [-0.39, 0.29) is 6.42 Å². The first kappa shape index (κ1) is 25.6. The van der Waals surface area contributed by atoms with Gasteiger partial charge in [0, 0.05) is 18.3 Å². The number of hydrogen-bond donors (Lipinski definition) is 7. The molecule has 1 aromatic heterocycles. The Labute approximate surface area is 178 Å². The average molecular weight is 439 g/mol. The molecule has 0 spiro atoms. The Hall–Kier alpha value is -3.48. The van der Waals surface area contributed by atoms with Crippen LogP contribution >= 0.6 is 0 Å². The number of carboxylic acids is 1. The third-order valence-corrected chi connectivity index (χ3v) is 4.29. The van der Waals surface area contributed by atoms with Crippen molar-refractivity contribution in [3.63, 3.8) is 0 Å². The molecule has 0 aromatic carbocycles. The topological polar surface area (TPSA) is 222 Å². The second kappa shape index (κ2) is 11.6. The smallest absolute Gasteiger partial charge is 0.326 e. The highest BCUT2D eigenvalue weighted by molar-refractivity contribution is 5.96. The van der Waals surface area contributed by atoms with Crippen LogP contribution in [-0.2, 0) is 30.4 Å². The van der Waals surface area contributed by atoms with Crippen LogP contribution in [0, 0.1) is 5.92 Å². The maximum Gasteiger partial charge on any atom is 0.326 e. The van der Waals surface area contributed by atoms with Crippen molar-refractivity contribution in [1.29, 1.82) is 0 Å². The van der Waals surface area contributed by atoms with Crippen LogP contribution in [0.1, 0.15) is 32.9 Å². The lowest BCUT2D eigenvalue weighted by molar-refractivity contribution is -0.142. The number of rotatable bonds is 12. The summed E-state index contributed by atoms with van der Waals surface area (Å²) < 4.78 is 0. The van der Waals surface area contributed by atoms with Crippen molar-refractivity contribution in [3.8, 4) is 0 Å². The molecule has 172 valence electrons. The Morgan fingerprint density at radius 1 is 1.03 bits per heavy atom. The van der Waals surface area contributed by atoms with Crippen molar-refractivity contribution in [3.05, 3.63) is 18.2 Å². The lowest BCUT2D eigenvalue weighted by Crippen LogP contribution is -2.59. The Balaban J connectivity index is 2.92. The van der Waals surface area contributed by atoms with E-state index in [0.717, 1.165) is 0 Å². The third-order valence-electron chi connectivity index (χ3n) is 4.29. The fraction of sp³-hybridized carbons (Fsp3) is 0.556. The molecule has 0 saturated carbocycles. The molecule has 9 N–H and O–H groups in total. The van der Waals surface area contributed by atoms with Gasteiger partial charge in [-0.15, -0.1) is 0 Å². The number of imidazole rings is 1. The standard InChI is InChI=1S/C18H29N7O6/c1-8(2)14(17(29)24-12(18(30)31)4-10-6-21-7-22-10)25-16(28)11(5-13(20)26)23-15(27)9(3)19/h6-9,11-12,14H,4-5,19H2,1-3H3,(H2,20,26)(H,21,22)(H,23,27)(H,24,29)(H,25,28)(H,30,31). The molecule has 13 nitrogen and oxygen atoms in total. The van der Waals surface area contributed by atoms with E-state index in [1.807, 2.05) is 0 Å². The summed E-state index contributed by atoms with van der Waals surface area (Å²) in [6.45, 7) is 4.67. The van der Waals surface area contributed by atoms with E-state index in [2.05, 4.69) is 25.9 Å². The van der Waals surface area contributed by atoms with Gasteiger partial charge in [0.25, 0.3) is 0 Å². The number of carbonyl (C=O) groups excluding carboxylic acids is 4. The van der Waals surface area contributed by atoms with Gasteiger partial charge < -0.3 is 37.5 Å². The molecule has 0 bridgehead atoms. The summed E-state index contributed by atoms with van der Waals surface area (Å²) >= 11 is 0. The molecule has 1 rings (SSSR count). The van der Waals surface area contributed by atoms with E-state index in [1.54, 1.807) is 13.8 Å². The SMILES string of the molecule is CC(N)C(=O)NC(CC(N)=O)C(=O)NC(C(=O)NC(Cc1cnc[nH]1)C(=O)O)C(C)C. The number of carbonyl (C=O) groups is 5. The van der Waals surface area contributed by atoms with E-state index in [9.17, 15) is 29.1 Å². The monoisotopic (exact) mass is 439 g/mol. The zero-order valence-electron chi connectivity index (χ0n) is 17.5. The number of aliphatic carboxylic acids is 1. The maximum atomic E-state index is 12.7. The summed E-state index contributed by atoms with van der Waals surface area (Å²) in [7, 11) is 0. The van der Waals surface area contributed by atoms with Gasteiger partial charge in [0.1, 0.15) is 18.1 Å². The van der Waals surface area contributed by atoms with Crippen LogP contribution in [0.15, 0.2) is 12.5 Å². The molecule has 0 aliphatic heterocycles. The zero-order valence-corrected chi connectivity index (χ0v) is 17.5. The highest BCUT2D eigenvalue weighted by Crippen LogP contribution is 2.06. The number of nitrogens with zero attached hydrogens (tertiary/aromatic N) is 1. The second-order valence-corrected chi connectivity index (χ2v) is 7.43. The summed E-state index contributed by atoms with van der Waals surface area (Å²) in [4.78, 5) is 66.6. The molecule has 1 heterocycles. The number of amides is 4. The number of nitrogens with two attached hydrogens (primary N) is 2. The number of nitrogens with one attached hydrogen (secondary N) is 4. The van der Waals surface area contributed by atoms with Crippen LogP contribution in [-0.4, -0.2) is 68.8 Å². The number of carboxylic acid groups (broad SMARTS) is 1. The average Bonchev–Trinajstić information content (AvgIpc) is 3.16. The number of H-pyrrole nitrogens is 1. The molecule has 13 heteroatoms. The molecule has 0 fully saturated rings. The minimum atomic E-state index is -1.34. The fourth-order valence-electron chi connectivity index (χ4n) is 2.58. The molecule has 31 heavy (non-hydrogen) atoms. The van der Waals surface area contributed by atoms with Crippen LogP contribution in [0.25, 0.3) is 0 Å². The Morgan fingerprint density at radius 3 is 2.10 bits per heavy atom. The Morgan fingerprint density at radius 2 is 1.65 bits per heavy atom. The quantitative estimate of drug-likeness (QED) is 0.182. The predicted molar refractivity (Wildman–Crippen MR) is 108 cm³/mol. The van der Waals surface area contributed by atoms with Gasteiger partial charge in [-0.3, -0.25) is 19.2 Å². The highest BCUT2D eigenvalue weighted by atomic mass is 16.4.